The van der Waals surface area contributed by atoms with Gasteiger partial charge in [-0.3, -0.25) is 20.4 Å². The summed E-state index contributed by atoms with van der Waals surface area (Å²) < 4.78 is 5.40. The van der Waals surface area contributed by atoms with Gasteiger partial charge in [-0.1, -0.05) is 34.8 Å². The Morgan fingerprint density at radius 1 is 0.833 bits per heavy atom. The van der Waals surface area contributed by atoms with Crippen molar-refractivity contribution in [3.8, 4) is 0 Å². The molecule has 2 aromatic carbocycles. The van der Waals surface area contributed by atoms with Crippen LogP contribution >= 0.6 is 34.8 Å². The van der Waals surface area contributed by atoms with Gasteiger partial charge in [-0.2, -0.15) is 0 Å². The molecular formula is C16H9Cl3N2O3. The molecule has 1 heterocycles. The SMILES string of the molecule is O=C(NNC(=O)c1cc(Cl)ccc1Cl)c1cc2cc(Cl)ccc2o1. The number of fused-ring (bicyclic) bond motifs is 1. The smallest absolute Gasteiger partial charge is 0.305 e. The van der Waals surface area contributed by atoms with Crippen molar-refractivity contribution in [1.29, 1.82) is 0 Å². The van der Waals surface area contributed by atoms with E-state index in [2.05, 4.69) is 10.9 Å². The summed E-state index contributed by atoms with van der Waals surface area (Å²) in [6.07, 6.45) is 0. The van der Waals surface area contributed by atoms with Gasteiger partial charge < -0.3 is 4.42 Å². The summed E-state index contributed by atoms with van der Waals surface area (Å²) in [6.45, 7) is 0. The van der Waals surface area contributed by atoms with E-state index in [1.165, 1.54) is 18.2 Å². The predicted octanol–water partition coefficient (Wildman–Crippen LogP) is 4.47. The number of benzene rings is 2. The second kappa shape index (κ2) is 6.73. The van der Waals surface area contributed by atoms with E-state index in [-0.39, 0.29) is 16.3 Å². The van der Waals surface area contributed by atoms with Crippen LogP contribution < -0.4 is 10.9 Å². The van der Waals surface area contributed by atoms with Crippen molar-refractivity contribution in [2.75, 3.05) is 0 Å². The second-order valence-corrected chi connectivity index (χ2v) is 6.11. The molecule has 0 fully saturated rings. The third kappa shape index (κ3) is 3.48. The minimum absolute atomic E-state index is 0.0322. The van der Waals surface area contributed by atoms with E-state index in [0.29, 0.717) is 21.0 Å². The maximum Gasteiger partial charge on any atom is 0.305 e. The lowest BCUT2D eigenvalue weighted by molar-refractivity contribution is 0.0832. The normalized spacial score (nSPS) is 10.6. The fourth-order valence-electron chi connectivity index (χ4n) is 2.04. The van der Waals surface area contributed by atoms with E-state index < -0.39 is 11.8 Å². The topological polar surface area (TPSA) is 71.3 Å². The highest BCUT2D eigenvalue weighted by atomic mass is 35.5. The average molecular weight is 384 g/mol. The zero-order valence-electron chi connectivity index (χ0n) is 11.9. The van der Waals surface area contributed by atoms with Crippen molar-refractivity contribution in [2.45, 2.75) is 0 Å². The molecule has 5 nitrogen and oxygen atoms in total. The highest BCUT2D eigenvalue weighted by Crippen LogP contribution is 2.23. The average Bonchev–Trinajstić information content (AvgIpc) is 2.97. The molecule has 122 valence electrons. The van der Waals surface area contributed by atoms with Crippen LogP contribution in [0, 0.1) is 0 Å². The van der Waals surface area contributed by atoms with Crippen molar-refractivity contribution in [3.63, 3.8) is 0 Å². The lowest BCUT2D eigenvalue weighted by atomic mass is 10.2. The van der Waals surface area contributed by atoms with E-state index in [4.69, 9.17) is 39.2 Å². The summed E-state index contributed by atoms with van der Waals surface area (Å²) in [5.41, 5.74) is 5.15. The molecule has 0 atom stereocenters. The Labute approximate surface area is 151 Å². The molecule has 0 radical (unpaired) electrons. The van der Waals surface area contributed by atoms with Crippen molar-refractivity contribution in [1.82, 2.24) is 10.9 Å². The van der Waals surface area contributed by atoms with E-state index >= 15 is 0 Å². The lowest BCUT2D eigenvalue weighted by Gasteiger charge is -2.07. The molecule has 2 amide bonds. The fourth-order valence-corrected chi connectivity index (χ4v) is 2.60. The van der Waals surface area contributed by atoms with Crippen LogP contribution in [0.2, 0.25) is 15.1 Å². The monoisotopic (exact) mass is 382 g/mol. The number of nitrogens with one attached hydrogen (secondary N) is 2. The molecule has 24 heavy (non-hydrogen) atoms. The van der Waals surface area contributed by atoms with Gasteiger partial charge in [0, 0.05) is 15.4 Å². The number of carbonyl (C=O) groups is 2. The maximum atomic E-state index is 12.1. The molecule has 0 aliphatic heterocycles. The predicted molar refractivity (Wildman–Crippen MR) is 92.6 cm³/mol. The number of hydrogen-bond acceptors (Lipinski definition) is 3. The van der Waals surface area contributed by atoms with Crippen LogP contribution in [0.3, 0.4) is 0 Å². The van der Waals surface area contributed by atoms with Gasteiger partial charge in [-0.15, -0.1) is 0 Å². The van der Waals surface area contributed by atoms with Gasteiger partial charge in [0.05, 0.1) is 10.6 Å². The Bertz CT molecular complexity index is 953. The van der Waals surface area contributed by atoms with E-state index in [1.54, 1.807) is 24.3 Å². The minimum Gasteiger partial charge on any atom is -0.451 e. The Kier molecular flexibility index (Phi) is 4.66. The lowest BCUT2D eigenvalue weighted by Crippen LogP contribution is -2.41. The Balaban J connectivity index is 1.72. The summed E-state index contributed by atoms with van der Waals surface area (Å²) >= 11 is 17.6. The number of rotatable bonds is 2. The molecule has 3 rings (SSSR count). The van der Waals surface area contributed by atoms with Gasteiger partial charge in [0.2, 0.25) is 0 Å². The van der Waals surface area contributed by atoms with Gasteiger partial charge in [0.25, 0.3) is 5.91 Å². The molecule has 3 aromatic rings. The number of amides is 2. The molecular weight excluding hydrogens is 375 g/mol. The summed E-state index contributed by atoms with van der Waals surface area (Å²) in [7, 11) is 0. The Morgan fingerprint density at radius 3 is 2.29 bits per heavy atom. The molecule has 0 spiro atoms. The Morgan fingerprint density at radius 2 is 1.50 bits per heavy atom. The van der Waals surface area contributed by atoms with E-state index in [0.717, 1.165) is 0 Å². The summed E-state index contributed by atoms with van der Waals surface area (Å²) in [6, 6.07) is 10.9. The van der Waals surface area contributed by atoms with Crippen LogP contribution in [0.1, 0.15) is 20.9 Å². The standard InChI is InChI=1S/C16H9Cl3N2O3/c17-9-2-4-13-8(5-9)6-14(24-13)16(23)21-20-15(22)11-7-10(18)1-3-12(11)19/h1-7H,(H,20,22)(H,21,23). The van der Waals surface area contributed by atoms with Gasteiger partial charge in [-0.05, 0) is 42.5 Å². The van der Waals surface area contributed by atoms with Crippen LogP contribution in [0.5, 0.6) is 0 Å². The first-order valence-electron chi connectivity index (χ1n) is 6.69. The van der Waals surface area contributed by atoms with Crippen LogP contribution in [0.15, 0.2) is 46.9 Å². The first-order valence-corrected chi connectivity index (χ1v) is 7.82. The fraction of sp³-hybridized carbons (Fsp3) is 0. The van der Waals surface area contributed by atoms with Crippen molar-refractivity contribution >= 4 is 57.6 Å². The molecule has 2 N–H and O–H groups in total. The molecule has 0 saturated carbocycles. The van der Waals surface area contributed by atoms with E-state index in [1.807, 2.05) is 0 Å². The van der Waals surface area contributed by atoms with Crippen LogP contribution in [-0.2, 0) is 0 Å². The zero-order valence-corrected chi connectivity index (χ0v) is 14.2. The molecule has 0 aliphatic carbocycles. The number of carbonyl (C=O) groups excluding carboxylic acids is 2. The number of halogens is 3. The van der Waals surface area contributed by atoms with Crippen molar-refractivity contribution in [2.24, 2.45) is 0 Å². The first kappa shape index (κ1) is 16.6. The summed E-state index contributed by atoms with van der Waals surface area (Å²) in [4.78, 5) is 24.1. The highest BCUT2D eigenvalue weighted by molar-refractivity contribution is 6.35. The minimum atomic E-state index is -0.617. The summed E-state index contributed by atoms with van der Waals surface area (Å²) in [5, 5.41) is 1.77. The molecule has 0 bridgehead atoms. The molecule has 8 heteroatoms. The largest absolute Gasteiger partial charge is 0.451 e. The third-order valence-corrected chi connectivity index (χ3v) is 3.96. The third-order valence-electron chi connectivity index (χ3n) is 3.16. The van der Waals surface area contributed by atoms with Gasteiger partial charge in [0.15, 0.2) is 5.76 Å². The molecule has 0 unspecified atom stereocenters. The molecule has 0 aliphatic rings. The highest BCUT2D eigenvalue weighted by Gasteiger charge is 2.15. The van der Waals surface area contributed by atoms with Crippen LogP contribution in [0.4, 0.5) is 0 Å². The quantitative estimate of drug-likeness (QED) is 0.641. The Hall–Kier alpha value is -2.21. The number of furan rings is 1. The zero-order chi connectivity index (χ0) is 17.3. The van der Waals surface area contributed by atoms with E-state index in [9.17, 15) is 9.59 Å². The van der Waals surface area contributed by atoms with Crippen LogP contribution in [-0.4, -0.2) is 11.8 Å². The number of hydrazine groups is 1. The molecule has 0 saturated heterocycles. The first-order chi connectivity index (χ1) is 11.4. The maximum absolute atomic E-state index is 12.1. The second-order valence-electron chi connectivity index (χ2n) is 4.83. The number of hydrogen-bond donors (Lipinski definition) is 2. The van der Waals surface area contributed by atoms with Gasteiger partial charge in [-0.25, -0.2) is 0 Å². The van der Waals surface area contributed by atoms with Crippen molar-refractivity contribution in [3.05, 3.63) is 68.9 Å². The van der Waals surface area contributed by atoms with Crippen LogP contribution in [0.25, 0.3) is 11.0 Å². The summed E-state index contributed by atoms with van der Waals surface area (Å²) in [5.74, 6) is -1.19. The molecule has 1 aromatic heterocycles. The van der Waals surface area contributed by atoms with Crippen molar-refractivity contribution < 1.29 is 14.0 Å². The van der Waals surface area contributed by atoms with Gasteiger partial charge in [0.1, 0.15) is 5.58 Å². The van der Waals surface area contributed by atoms with Gasteiger partial charge >= 0.3 is 5.91 Å².